The van der Waals surface area contributed by atoms with Crippen molar-refractivity contribution in [2.45, 2.75) is 43.3 Å². The van der Waals surface area contributed by atoms with Gasteiger partial charge in [-0.1, -0.05) is 24.3 Å². The van der Waals surface area contributed by atoms with Gasteiger partial charge in [-0.05, 0) is 24.0 Å². The van der Waals surface area contributed by atoms with Gasteiger partial charge in [-0.2, -0.15) is 18.0 Å². The number of ether oxygens (including phenoxy) is 1. The second-order valence-electron chi connectivity index (χ2n) is 7.82. The molecule has 0 amide bonds. The number of rotatable bonds is 6. The third kappa shape index (κ3) is 3.83. The fourth-order valence-corrected chi connectivity index (χ4v) is 4.62. The Morgan fingerprint density at radius 3 is 2.84 bits per heavy atom. The topological polar surface area (TPSA) is 174 Å². The molecule has 5 N–H and O–H groups in total. The third-order valence-corrected chi connectivity index (χ3v) is 6.30. The molecular formula is C19H22N6O6S. The van der Waals surface area contributed by atoms with Crippen molar-refractivity contribution < 1.29 is 27.6 Å². The summed E-state index contributed by atoms with van der Waals surface area (Å²) < 4.78 is 33.8. The van der Waals surface area contributed by atoms with Crippen LogP contribution in [0.4, 0.5) is 5.95 Å². The monoisotopic (exact) mass is 462 g/mol. The Balaban J connectivity index is 1.40. The van der Waals surface area contributed by atoms with Crippen LogP contribution in [-0.2, 0) is 25.6 Å². The molecular weight excluding hydrogens is 440 g/mol. The normalized spacial score (nSPS) is 27.7. The van der Waals surface area contributed by atoms with Crippen molar-refractivity contribution in [3.63, 3.8) is 0 Å². The highest BCUT2D eigenvalue weighted by atomic mass is 32.2. The van der Waals surface area contributed by atoms with E-state index in [4.69, 9.17) is 9.88 Å². The Morgan fingerprint density at radius 2 is 2.03 bits per heavy atom. The van der Waals surface area contributed by atoms with Crippen LogP contribution in [0.15, 0.2) is 36.8 Å². The Kier molecular flexibility index (Phi) is 5.31. The Hall–Kier alpha value is -2.68. The minimum Gasteiger partial charge on any atom is -0.387 e. The maximum atomic E-state index is 11.0. The molecule has 0 spiro atoms. The lowest BCUT2D eigenvalue weighted by atomic mass is 10.0. The van der Waals surface area contributed by atoms with E-state index < -0.39 is 41.3 Å². The number of aliphatic hydroxyl groups is 2. The first kappa shape index (κ1) is 21.2. The molecule has 5 atom stereocenters. The van der Waals surface area contributed by atoms with Gasteiger partial charge in [-0.15, -0.1) is 0 Å². The molecule has 170 valence electrons. The summed E-state index contributed by atoms with van der Waals surface area (Å²) in [6, 6.07) is 8.29. The van der Waals surface area contributed by atoms with Crippen molar-refractivity contribution in [2.24, 2.45) is 5.14 Å². The van der Waals surface area contributed by atoms with Gasteiger partial charge >= 0.3 is 10.3 Å². The predicted octanol–water partition coefficient (Wildman–Crippen LogP) is -0.395. The van der Waals surface area contributed by atoms with Crippen LogP contribution >= 0.6 is 0 Å². The van der Waals surface area contributed by atoms with Crippen molar-refractivity contribution in [3.05, 3.63) is 53.5 Å². The van der Waals surface area contributed by atoms with E-state index >= 15 is 0 Å². The van der Waals surface area contributed by atoms with Crippen molar-refractivity contribution in [1.29, 1.82) is 0 Å². The quantitative estimate of drug-likeness (QED) is 0.377. The number of nitrogens with one attached hydrogen (secondary N) is 1. The van der Waals surface area contributed by atoms with E-state index in [0.717, 1.165) is 12.8 Å². The van der Waals surface area contributed by atoms with Gasteiger partial charge in [0.15, 0.2) is 5.65 Å². The van der Waals surface area contributed by atoms with E-state index in [1.807, 2.05) is 12.1 Å². The van der Waals surface area contributed by atoms with Crippen molar-refractivity contribution in [1.82, 2.24) is 19.6 Å². The lowest BCUT2D eigenvalue weighted by molar-refractivity contribution is -0.0153. The Morgan fingerprint density at radius 1 is 1.22 bits per heavy atom. The van der Waals surface area contributed by atoms with E-state index in [9.17, 15) is 18.6 Å². The maximum Gasteiger partial charge on any atom is 0.333 e. The molecule has 1 saturated heterocycles. The zero-order chi connectivity index (χ0) is 22.5. The van der Waals surface area contributed by atoms with Gasteiger partial charge in [0.2, 0.25) is 5.95 Å². The molecule has 2 aromatic heterocycles. The largest absolute Gasteiger partial charge is 0.387 e. The molecule has 1 aromatic carbocycles. The van der Waals surface area contributed by atoms with Gasteiger partial charge in [-0.3, -0.25) is 4.18 Å². The first-order valence-corrected chi connectivity index (χ1v) is 11.5. The fraction of sp³-hybridized carbons (Fsp3) is 0.421. The summed E-state index contributed by atoms with van der Waals surface area (Å²) in [4.78, 5) is 8.58. The molecule has 5 unspecified atom stereocenters. The van der Waals surface area contributed by atoms with Crippen LogP contribution in [0.5, 0.6) is 0 Å². The fourth-order valence-electron chi connectivity index (χ4n) is 4.30. The van der Waals surface area contributed by atoms with E-state index in [0.29, 0.717) is 17.2 Å². The van der Waals surface area contributed by atoms with Crippen molar-refractivity contribution in [2.75, 3.05) is 11.9 Å². The summed E-state index contributed by atoms with van der Waals surface area (Å²) in [6.07, 6.45) is -0.0828. The number of aliphatic hydroxyl groups excluding tert-OH is 2. The first-order chi connectivity index (χ1) is 15.3. The number of hydrogen-bond acceptors (Lipinski definition) is 10. The summed E-state index contributed by atoms with van der Waals surface area (Å²) in [5.74, 6) is 0.477. The Labute approximate surface area is 183 Å². The SMILES string of the molecule is NS(=O)(=O)OCC1OC(c2cnn3c(NC4CCc5ccccc54)ncnc23)C(O)C1O. The van der Waals surface area contributed by atoms with Crippen molar-refractivity contribution in [3.8, 4) is 0 Å². The molecule has 0 radical (unpaired) electrons. The van der Waals surface area contributed by atoms with Gasteiger partial charge in [0.25, 0.3) is 0 Å². The number of fused-ring (bicyclic) bond motifs is 2. The van der Waals surface area contributed by atoms with Gasteiger partial charge < -0.3 is 20.3 Å². The highest BCUT2D eigenvalue weighted by Crippen LogP contribution is 2.37. The standard InChI is InChI=1S/C19H22N6O6S/c20-32(28,29)30-8-14-15(26)16(27)17(31-14)12-7-23-25-18(12)21-9-22-19(25)24-13-6-5-10-3-1-2-4-11(10)13/h1-4,7,9,13-17,26-27H,5-6,8H2,(H2,20,28,29)(H,21,22,24). The molecule has 1 fully saturated rings. The lowest BCUT2D eigenvalue weighted by Gasteiger charge is -2.16. The number of anilines is 1. The van der Waals surface area contributed by atoms with Gasteiger partial charge in [0, 0.05) is 5.56 Å². The van der Waals surface area contributed by atoms with E-state index in [1.54, 1.807) is 0 Å². The van der Waals surface area contributed by atoms with Crippen LogP contribution in [-0.4, -0.2) is 63.1 Å². The van der Waals surface area contributed by atoms with E-state index in [2.05, 4.69) is 36.7 Å². The molecule has 13 heteroatoms. The van der Waals surface area contributed by atoms with Crippen LogP contribution in [0.2, 0.25) is 0 Å². The molecule has 1 aliphatic heterocycles. The molecule has 2 aliphatic rings. The summed E-state index contributed by atoms with van der Waals surface area (Å²) in [5, 5.41) is 33.3. The first-order valence-electron chi connectivity index (χ1n) is 10.0. The average Bonchev–Trinajstić information content (AvgIpc) is 3.44. The highest BCUT2D eigenvalue weighted by molar-refractivity contribution is 7.84. The predicted molar refractivity (Wildman–Crippen MR) is 111 cm³/mol. The number of benzene rings is 1. The van der Waals surface area contributed by atoms with Gasteiger partial charge in [0.05, 0.1) is 18.8 Å². The molecule has 1 aliphatic carbocycles. The summed E-state index contributed by atoms with van der Waals surface area (Å²) in [7, 11) is -4.21. The van der Waals surface area contributed by atoms with Crippen molar-refractivity contribution >= 4 is 21.9 Å². The van der Waals surface area contributed by atoms with Crippen LogP contribution in [0.25, 0.3) is 5.65 Å². The van der Waals surface area contributed by atoms with E-state index in [-0.39, 0.29) is 6.04 Å². The molecule has 0 bridgehead atoms. The number of hydrogen-bond donors (Lipinski definition) is 4. The highest BCUT2D eigenvalue weighted by Gasteiger charge is 2.45. The Bertz CT molecular complexity index is 1250. The number of aryl methyl sites for hydroxylation is 1. The minimum atomic E-state index is -4.21. The lowest BCUT2D eigenvalue weighted by Crippen LogP contribution is -2.34. The summed E-state index contributed by atoms with van der Waals surface area (Å²) >= 11 is 0. The second kappa shape index (κ2) is 8.03. The number of nitrogens with two attached hydrogens (primary N) is 1. The van der Waals surface area contributed by atoms with Crippen LogP contribution in [0.3, 0.4) is 0 Å². The zero-order valence-electron chi connectivity index (χ0n) is 16.8. The van der Waals surface area contributed by atoms with Gasteiger partial charge in [-0.25, -0.2) is 15.1 Å². The molecule has 32 heavy (non-hydrogen) atoms. The smallest absolute Gasteiger partial charge is 0.333 e. The molecule has 3 aromatic rings. The third-order valence-electron chi connectivity index (χ3n) is 5.83. The number of nitrogens with zero attached hydrogens (tertiary/aromatic N) is 4. The average molecular weight is 462 g/mol. The molecule has 3 heterocycles. The van der Waals surface area contributed by atoms with Crippen LogP contribution < -0.4 is 10.5 Å². The van der Waals surface area contributed by atoms with E-state index in [1.165, 1.54) is 28.2 Å². The summed E-state index contributed by atoms with van der Waals surface area (Å²) in [6.45, 7) is -0.532. The minimum absolute atomic E-state index is 0.0758. The molecule has 12 nitrogen and oxygen atoms in total. The van der Waals surface area contributed by atoms with Crippen LogP contribution in [0.1, 0.15) is 35.3 Å². The molecule has 5 rings (SSSR count). The maximum absolute atomic E-state index is 11.0. The molecule has 0 saturated carbocycles. The second-order valence-corrected chi connectivity index (χ2v) is 9.04. The summed E-state index contributed by atoms with van der Waals surface area (Å²) in [5.41, 5.74) is 3.31. The van der Waals surface area contributed by atoms with Gasteiger partial charge in [0.1, 0.15) is 30.7 Å². The van der Waals surface area contributed by atoms with Crippen LogP contribution in [0, 0.1) is 0 Å². The number of aromatic nitrogens is 4. The zero-order valence-corrected chi connectivity index (χ0v) is 17.6.